The molecule has 0 spiro atoms. The predicted molar refractivity (Wildman–Crippen MR) is 64.1 cm³/mol. The van der Waals surface area contributed by atoms with Gasteiger partial charge in [-0.15, -0.1) is 0 Å². The third-order valence-corrected chi connectivity index (χ3v) is 2.37. The summed E-state index contributed by atoms with van der Waals surface area (Å²) in [4.78, 5) is 10.8. The first-order chi connectivity index (χ1) is 7.72. The Morgan fingerprint density at radius 3 is 2.94 bits per heavy atom. The van der Waals surface area contributed by atoms with E-state index in [0.717, 1.165) is 19.5 Å². The maximum Gasteiger partial charge on any atom is 0.305 e. The molecule has 0 saturated heterocycles. The fourth-order valence-electron chi connectivity index (χ4n) is 1.51. The molecule has 0 heterocycles. The minimum absolute atomic E-state index is 0.141. The second-order valence-electron chi connectivity index (χ2n) is 3.85. The zero-order valence-electron chi connectivity index (χ0n) is 9.95. The first-order valence-electron chi connectivity index (χ1n) is 5.55. The first-order valence-corrected chi connectivity index (χ1v) is 5.55. The molecular formula is C13H19NO2. The van der Waals surface area contributed by atoms with Gasteiger partial charge in [-0.25, -0.2) is 0 Å². The number of benzene rings is 1. The van der Waals surface area contributed by atoms with Crippen LogP contribution in [0.2, 0.25) is 0 Å². The van der Waals surface area contributed by atoms with Gasteiger partial charge >= 0.3 is 5.97 Å². The Kier molecular flexibility index (Phi) is 5.57. The van der Waals surface area contributed by atoms with Crippen molar-refractivity contribution < 1.29 is 9.53 Å². The Labute approximate surface area is 96.8 Å². The molecule has 0 aromatic heterocycles. The minimum atomic E-state index is -0.141. The summed E-state index contributed by atoms with van der Waals surface area (Å²) >= 11 is 0. The maximum absolute atomic E-state index is 10.8. The van der Waals surface area contributed by atoms with Gasteiger partial charge in [0, 0.05) is 13.0 Å². The quantitative estimate of drug-likeness (QED) is 0.590. The molecule has 1 rings (SSSR count). The van der Waals surface area contributed by atoms with Gasteiger partial charge in [0.25, 0.3) is 0 Å². The molecular weight excluding hydrogens is 202 g/mol. The van der Waals surface area contributed by atoms with Gasteiger partial charge in [0.1, 0.15) is 0 Å². The smallest absolute Gasteiger partial charge is 0.305 e. The summed E-state index contributed by atoms with van der Waals surface area (Å²) in [6.07, 6.45) is 1.30. The van der Waals surface area contributed by atoms with E-state index < -0.39 is 0 Å². The molecule has 0 aliphatic carbocycles. The molecule has 0 saturated carbocycles. The molecule has 0 amide bonds. The monoisotopic (exact) mass is 221 g/mol. The molecule has 1 N–H and O–H groups in total. The van der Waals surface area contributed by atoms with Crippen LogP contribution >= 0.6 is 0 Å². The highest BCUT2D eigenvalue weighted by molar-refractivity contribution is 5.69. The molecule has 0 aliphatic rings. The molecule has 0 fully saturated rings. The largest absolute Gasteiger partial charge is 0.469 e. The molecule has 1 aromatic rings. The number of hydrogen-bond donors (Lipinski definition) is 1. The van der Waals surface area contributed by atoms with Crippen LogP contribution in [-0.4, -0.2) is 19.6 Å². The van der Waals surface area contributed by atoms with Crippen LogP contribution in [0.15, 0.2) is 24.3 Å². The van der Waals surface area contributed by atoms with E-state index in [0.29, 0.717) is 6.42 Å². The SMILES string of the molecule is COC(=O)CCCNCc1cccc(C)c1. The van der Waals surface area contributed by atoms with E-state index in [1.165, 1.54) is 18.2 Å². The van der Waals surface area contributed by atoms with Gasteiger partial charge < -0.3 is 10.1 Å². The van der Waals surface area contributed by atoms with E-state index in [9.17, 15) is 4.79 Å². The third kappa shape index (κ3) is 4.94. The molecule has 1 aromatic carbocycles. The van der Waals surface area contributed by atoms with Gasteiger partial charge in [-0.1, -0.05) is 29.8 Å². The van der Waals surface area contributed by atoms with Crippen molar-refractivity contribution in [3.05, 3.63) is 35.4 Å². The topological polar surface area (TPSA) is 38.3 Å². The van der Waals surface area contributed by atoms with E-state index in [4.69, 9.17) is 0 Å². The molecule has 0 aliphatic heterocycles. The number of nitrogens with one attached hydrogen (secondary N) is 1. The predicted octanol–water partition coefficient (Wildman–Crippen LogP) is 2.04. The fourth-order valence-corrected chi connectivity index (χ4v) is 1.51. The summed E-state index contributed by atoms with van der Waals surface area (Å²) in [6, 6.07) is 8.40. The fraction of sp³-hybridized carbons (Fsp3) is 0.462. The van der Waals surface area contributed by atoms with Crippen molar-refractivity contribution in [2.24, 2.45) is 0 Å². The number of esters is 1. The molecule has 0 radical (unpaired) electrons. The average molecular weight is 221 g/mol. The van der Waals surface area contributed by atoms with Crippen LogP contribution in [0.25, 0.3) is 0 Å². The molecule has 16 heavy (non-hydrogen) atoms. The molecule has 0 bridgehead atoms. The normalized spacial score (nSPS) is 10.1. The highest BCUT2D eigenvalue weighted by atomic mass is 16.5. The molecule has 0 atom stereocenters. The van der Waals surface area contributed by atoms with E-state index in [1.807, 2.05) is 0 Å². The maximum atomic E-state index is 10.8. The number of hydrogen-bond acceptors (Lipinski definition) is 3. The Morgan fingerprint density at radius 1 is 1.44 bits per heavy atom. The number of carbonyl (C=O) groups excluding carboxylic acids is 1. The van der Waals surface area contributed by atoms with E-state index in [2.05, 4.69) is 41.2 Å². The number of ether oxygens (including phenoxy) is 1. The first kappa shape index (κ1) is 12.7. The number of methoxy groups -OCH3 is 1. The van der Waals surface area contributed by atoms with E-state index >= 15 is 0 Å². The van der Waals surface area contributed by atoms with Gasteiger partial charge in [0.2, 0.25) is 0 Å². The summed E-state index contributed by atoms with van der Waals surface area (Å²) in [5.41, 5.74) is 2.55. The van der Waals surface area contributed by atoms with E-state index in [-0.39, 0.29) is 5.97 Å². The van der Waals surface area contributed by atoms with Crippen LogP contribution in [0.3, 0.4) is 0 Å². The van der Waals surface area contributed by atoms with Crippen molar-refractivity contribution in [2.75, 3.05) is 13.7 Å². The van der Waals surface area contributed by atoms with Crippen molar-refractivity contribution in [1.82, 2.24) is 5.32 Å². The second-order valence-corrected chi connectivity index (χ2v) is 3.85. The molecule has 0 unspecified atom stereocenters. The number of rotatable bonds is 6. The summed E-state index contributed by atoms with van der Waals surface area (Å²) in [6.45, 7) is 3.77. The molecule has 88 valence electrons. The van der Waals surface area contributed by atoms with Crippen LogP contribution in [-0.2, 0) is 16.1 Å². The summed E-state index contributed by atoms with van der Waals surface area (Å²) in [5, 5.41) is 3.30. The number of aryl methyl sites for hydroxylation is 1. The van der Waals surface area contributed by atoms with Crippen LogP contribution in [0.1, 0.15) is 24.0 Å². The van der Waals surface area contributed by atoms with Crippen LogP contribution in [0, 0.1) is 6.92 Å². The van der Waals surface area contributed by atoms with Gasteiger partial charge in [-0.2, -0.15) is 0 Å². The average Bonchev–Trinajstić information content (AvgIpc) is 2.28. The van der Waals surface area contributed by atoms with Crippen molar-refractivity contribution in [2.45, 2.75) is 26.3 Å². The third-order valence-electron chi connectivity index (χ3n) is 2.37. The highest BCUT2D eigenvalue weighted by Crippen LogP contribution is 2.03. The summed E-state index contributed by atoms with van der Waals surface area (Å²) in [7, 11) is 1.42. The van der Waals surface area contributed by atoms with Gasteiger partial charge in [0.05, 0.1) is 7.11 Å². The lowest BCUT2D eigenvalue weighted by molar-refractivity contribution is -0.140. The lowest BCUT2D eigenvalue weighted by atomic mass is 10.1. The van der Waals surface area contributed by atoms with Gasteiger partial charge in [-0.05, 0) is 25.5 Å². The standard InChI is InChI=1S/C13H19NO2/c1-11-5-3-6-12(9-11)10-14-8-4-7-13(15)16-2/h3,5-6,9,14H,4,7-8,10H2,1-2H3. The van der Waals surface area contributed by atoms with Gasteiger partial charge in [0.15, 0.2) is 0 Å². The molecule has 3 nitrogen and oxygen atoms in total. The minimum Gasteiger partial charge on any atom is -0.469 e. The van der Waals surface area contributed by atoms with Crippen LogP contribution < -0.4 is 5.32 Å². The van der Waals surface area contributed by atoms with Crippen molar-refractivity contribution in [1.29, 1.82) is 0 Å². The Bertz CT molecular complexity index is 336. The Balaban J connectivity index is 2.14. The Hall–Kier alpha value is -1.35. The second kappa shape index (κ2) is 7.01. The lowest BCUT2D eigenvalue weighted by Crippen LogP contribution is -2.16. The Morgan fingerprint density at radius 2 is 2.25 bits per heavy atom. The van der Waals surface area contributed by atoms with Gasteiger partial charge in [-0.3, -0.25) is 4.79 Å². The van der Waals surface area contributed by atoms with Crippen molar-refractivity contribution in [3.8, 4) is 0 Å². The molecule has 3 heteroatoms. The highest BCUT2D eigenvalue weighted by Gasteiger charge is 1.98. The van der Waals surface area contributed by atoms with Crippen LogP contribution in [0.4, 0.5) is 0 Å². The van der Waals surface area contributed by atoms with E-state index in [1.54, 1.807) is 0 Å². The zero-order valence-corrected chi connectivity index (χ0v) is 9.95. The summed E-state index contributed by atoms with van der Waals surface area (Å²) in [5.74, 6) is -0.141. The summed E-state index contributed by atoms with van der Waals surface area (Å²) < 4.78 is 4.56. The number of carbonyl (C=O) groups is 1. The lowest BCUT2D eigenvalue weighted by Gasteiger charge is -2.05. The van der Waals surface area contributed by atoms with Crippen molar-refractivity contribution in [3.63, 3.8) is 0 Å². The van der Waals surface area contributed by atoms with Crippen LogP contribution in [0.5, 0.6) is 0 Å². The zero-order chi connectivity index (χ0) is 11.8. The van der Waals surface area contributed by atoms with Crippen molar-refractivity contribution >= 4 is 5.97 Å².